The molecule has 0 saturated heterocycles. The van der Waals surface area contributed by atoms with Crippen LogP contribution in [-0.2, 0) is 0 Å². The van der Waals surface area contributed by atoms with Crippen LogP contribution in [0.25, 0.3) is 0 Å². The Morgan fingerprint density at radius 1 is 1.46 bits per heavy atom. The molecule has 0 saturated carbocycles. The highest BCUT2D eigenvalue weighted by Gasteiger charge is 2.06. The average molecular weight is 183 g/mol. The molecule has 0 bridgehead atoms. The molecule has 0 aliphatic carbocycles. The topological polar surface area (TPSA) is 21.3 Å². The molecule has 0 radical (unpaired) electrons. The van der Waals surface area contributed by atoms with Crippen LogP contribution in [0.3, 0.4) is 0 Å². The summed E-state index contributed by atoms with van der Waals surface area (Å²) in [7, 11) is 1.46. The van der Waals surface area contributed by atoms with E-state index in [0.29, 0.717) is 5.69 Å². The molecule has 13 heavy (non-hydrogen) atoms. The number of halogens is 1. The SMILES string of the molecule is CCCNc1cccc(OC)c1F. The fraction of sp³-hybridized carbons (Fsp3) is 0.400. The van der Waals surface area contributed by atoms with Crippen LogP contribution in [0.2, 0.25) is 0 Å². The van der Waals surface area contributed by atoms with Crippen molar-refractivity contribution in [1.29, 1.82) is 0 Å². The second-order valence-electron chi connectivity index (χ2n) is 2.75. The van der Waals surface area contributed by atoms with Gasteiger partial charge in [0.25, 0.3) is 0 Å². The van der Waals surface area contributed by atoms with Crippen molar-refractivity contribution in [1.82, 2.24) is 0 Å². The largest absolute Gasteiger partial charge is 0.494 e. The number of hydrogen-bond donors (Lipinski definition) is 1. The molecule has 0 heterocycles. The van der Waals surface area contributed by atoms with Crippen LogP contribution in [0.1, 0.15) is 13.3 Å². The second kappa shape index (κ2) is 4.70. The molecule has 0 amide bonds. The van der Waals surface area contributed by atoms with Gasteiger partial charge in [-0.2, -0.15) is 0 Å². The highest BCUT2D eigenvalue weighted by atomic mass is 19.1. The summed E-state index contributed by atoms with van der Waals surface area (Å²) >= 11 is 0. The van der Waals surface area contributed by atoms with E-state index in [1.54, 1.807) is 18.2 Å². The van der Waals surface area contributed by atoms with Crippen LogP contribution in [0.4, 0.5) is 10.1 Å². The maximum atomic E-state index is 13.4. The van der Waals surface area contributed by atoms with E-state index in [4.69, 9.17) is 4.74 Å². The quantitative estimate of drug-likeness (QED) is 0.774. The van der Waals surface area contributed by atoms with E-state index in [-0.39, 0.29) is 11.6 Å². The number of hydrogen-bond acceptors (Lipinski definition) is 2. The minimum absolute atomic E-state index is 0.279. The summed E-state index contributed by atoms with van der Waals surface area (Å²) in [5.41, 5.74) is 0.501. The van der Waals surface area contributed by atoms with E-state index in [1.807, 2.05) is 6.92 Å². The first-order chi connectivity index (χ1) is 6.29. The molecule has 0 aromatic heterocycles. The minimum atomic E-state index is -0.321. The van der Waals surface area contributed by atoms with Gasteiger partial charge in [-0.25, -0.2) is 4.39 Å². The summed E-state index contributed by atoms with van der Waals surface area (Å²) in [6.07, 6.45) is 0.969. The third-order valence-electron chi connectivity index (χ3n) is 1.75. The fourth-order valence-corrected chi connectivity index (χ4v) is 1.06. The van der Waals surface area contributed by atoms with Crippen LogP contribution in [0, 0.1) is 5.82 Å². The summed E-state index contributed by atoms with van der Waals surface area (Å²) in [6, 6.07) is 5.07. The predicted octanol–water partition coefficient (Wildman–Crippen LogP) is 2.66. The van der Waals surface area contributed by atoms with Crippen molar-refractivity contribution >= 4 is 5.69 Å². The minimum Gasteiger partial charge on any atom is -0.494 e. The number of methoxy groups -OCH3 is 1. The number of anilines is 1. The van der Waals surface area contributed by atoms with Crippen molar-refractivity contribution in [2.45, 2.75) is 13.3 Å². The van der Waals surface area contributed by atoms with Gasteiger partial charge in [-0.1, -0.05) is 13.0 Å². The van der Waals surface area contributed by atoms with Gasteiger partial charge in [-0.15, -0.1) is 0 Å². The van der Waals surface area contributed by atoms with Gasteiger partial charge in [0.1, 0.15) is 0 Å². The molecule has 2 nitrogen and oxygen atoms in total. The Kier molecular flexibility index (Phi) is 3.55. The molecular weight excluding hydrogens is 169 g/mol. The molecule has 1 N–H and O–H groups in total. The lowest BCUT2D eigenvalue weighted by Gasteiger charge is -2.08. The first-order valence-electron chi connectivity index (χ1n) is 4.36. The maximum absolute atomic E-state index is 13.4. The third kappa shape index (κ3) is 2.34. The molecule has 1 aromatic rings. The highest BCUT2D eigenvalue weighted by Crippen LogP contribution is 2.23. The monoisotopic (exact) mass is 183 g/mol. The zero-order chi connectivity index (χ0) is 9.68. The van der Waals surface area contributed by atoms with Gasteiger partial charge in [0.15, 0.2) is 11.6 Å². The number of ether oxygens (including phenoxy) is 1. The zero-order valence-electron chi connectivity index (χ0n) is 7.93. The van der Waals surface area contributed by atoms with E-state index in [0.717, 1.165) is 13.0 Å². The van der Waals surface area contributed by atoms with Crippen molar-refractivity contribution in [3.8, 4) is 5.75 Å². The van der Waals surface area contributed by atoms with E-state index >= 15 is 0 Å². The molecule has 0 unspecified atom stereocenters. The van der Waals surface area contributed by atoms with Crippen LogP contribution < -0.4 is 10.1 Å². The summed E-state index contributed by atoms with van der Waals surface area (Å²) in [5, 5.41) is 2.98. The van der Waals surface area contributed by atoms with Gasteiger partial charge < -0.3 is 10.1 Å². The van der Waals surface area contributed by atoms with Gasteiger partial charge in [0.2, 0.25) is 0 Å². The normalized spacial score (nSPS) is 9.77. The van der Waals surface area contributed by atoms with Crippen LogP contribution in [0.5, 0.6) is 5.75 Å². The molecule has 1 aromatic carbocycles. The lowest BCUT2D eigenvalue weighted by atomic mass is 10.2. The number of nitrogens with one attached hydrogen (secondary N) is 1. The number of benzene rings is 1. The van der Waals surface area contributed by atoms with Gasteiger partial charge in [-0.3, -0.25) is 0 Å². The summed E-state index contributed by atoms with van der Waals surface area (Å²) in [6.45, 7) is 2.80. The molecular formula is C10H14FNO. The summed E-state index contributed by atoms with van der Waals surface area (Å²) in [5.74, 6) is -0.0421. The van der Waals surface area contributed by atoms with E-state index in [1.165, 1.54) is 7.11 Å². The lowest BCUT2D eigenvalue weighted by Crippen LogP contribution is -2.02. The van der Waals surface area contributed by atoms with Crippen molar-refractivity contribution in [2.75, 3.05) is 19.0 Å². The fourth-order valence-electron chi connectivity index (χ4n) is 1.06. The van der Waals surface area contributed by atoms with Gasteiger partial charge >= 0.3 is 0 Å². The average Bonchev–Trinajstić information content (AvgIpc) is 2.16. The molecule has 72 valence electrons. The van der Waals surface area contributed by atoms with Gasteiger partial charge in [0.05, 0.1) is 12.8 Å². The Morgan fingerprint density at radius 2 is 2.23 bits per heavy atom. The van der Waals surface area contributed by atoms with Crippen molar-refractivity contribution in [2.24, 2.45) is 0 Å². The van der Waals surface area contributed by atoms with Gasteiger partial charge in [-0.05, 0) is 18.6 Å². The Morgan fingerprint density at radius 3 is 2.85 bits per heavy atom. The Labute approximate surface area is 77.7 Å². The molecule has 0 atom stereocenters. The predicted molar refractivity (Wildman–Crippen MR) is 51.7 cm³/mol. The lowest BCUT2D eigenvalue weighted by molar-refractivity contribution is 0.387. The second-order valence-corrected chi connectivity index (χ2v) is 2.75. The molecule has 1 rings (SSSR count). The number of rotatable bonds is 4. The Hall–Kier alpha value is -1.25. The van der Waals surface area contributed by atoms with Gasteiger partial charge in [0, 0.05) is 6.54 Å². The Balaban J connectivity index is 2.81. The van der Waals surface area contributed by atoms with E-state index < -0.39 is 0 Å². The summed E-state index contributed by atoms with van der Waals surface area (Å²) < 4.78 is 18.3. The molecule has 0 aliphatic rings. The standard InChI is InChI=1S/C10H14FNO/c1-3-7-12-8-5-4-6-9(13-2)10(8)11/h4-6,12H,3,7H2,1-2H3. The third-order valence-corrected chi connectivity index (χ3v) is 1.75. The zero-order valence-corrected chi connectivity index (χ0v) is 7.93. The smallest absolute Gasteiger partial charge is 0.188 e. The van der Waals surface area contributed by atoms with Crippen LogP contribution in [-0.4, -0.2) is 13.7 Å². The molecule has 0 aliphatic heterocycles. The molecule has 0 spiro atoms. The van der Waals surface area contributed by atoms with Crippen molar-refractivity contribution < 1.29 is 9.13 Å². The van der Waals surface area contributed by atoms with E-state index in [2.05, 4.69) is 5.32 Å². The first-order valence-corrected chi connectivity index (χ1v) is 4.36. The molecule has 3 heteroatoms. The van der Waals surface area contributed by atoms with E-state index in [9.17, 15) is 4.39 Å². The maximum Gasteiger partial charge on any atom is 0.188 e. The Bertz CT molecular complexity index is 276. The van der Waals surface area contributed by atoms with Crippen molar-refractivity contribution in [3.05, 3.63) is 24.0 Å². The summed E-state index contributed by atoms with van der Waals surface area (Å²) in [4.78, 5) is 0. The van der Waals surface area contributed by atoms with Crippen LogP contribution >= 0.6 is 0 Å². The first kappa shape index (κ1) is 9.84. The molecule has 0 fully saturated rings. The van der Waals surface area contributed by atoms with Crippen molar-refractivity contribution in [3.63, 3.8) is 0 Å². The highest BCUT2D eigenvalue weighted by molar-refractivity contribution is 5.50. The van der Waals surface area contributed by atoms with Crippen LogP contribution in [0.15, 0.2) is 18.2 Å².